The average molecular weight is 432 g/mol. The first-order valence-corrected chi connectivity index (χ1v) is 12.6. The molecule has 2 aliphatic heterocycles. The van der Waals surface area contributed by atoms with Crippen molar-refractivity contribution in [3.8, 4) is 0 Å². The quantitative estimate of drug-likeness (QED) is 0.669. The molecule has 1 saturated carbocycles. The molecule has 32 heavy (non-hydrogen) atoms. The van der Waals surface area contributed by atoms with Crippen LogP contribution in [0.15, 0.2) is 60.7 Å². The Hall–Kier alpha value is -2.17. The molecule has 2 saturated heterocycles. The Morgan fingerprint density at radius 3 is 2.09 bits per heavy atom. The Balaban J connectivity index is 1.13. The molecule has 2 aromatic rings. The molecule has 1 amide bonds. The molecule has 0 aromatic heterocycles. The van der Waals surface area contributed by atoms with Crippen LogP contribution in [0.1, 0.15) is 49.3 Å². The van der Waals surface area contributed by atoms with Gasteiger partial charge in [-0.1, -0.05) is 73.5 Å². The van der Waals surface area contributed by atoms with Gasteiger partial charge in [0.15, 0.2) is 0 Å². The van der Waals surface area contributed by atoms with E-state index in [1.54, 1.807) is 0 Å². The first-order valence-electron chi connectivity index (χ1n) is 12.6. The molecule has 0 spiro atoms. The second-order valence-electron chi connectivity index (χ2n) is 10.2. The highest BCUT2D eigenvalue weighted by Crippen LogP contribution is 2.33. The number of hydrogen-bond donors (Lipinski definition) is 1. The summed E-state index contributed by atoms with van der Waals surface area (Å²) in [4.78, 5) is 18.1. The molecule has 3 aliphatic rings. The molecular formula is C28H37N3O. The summed E-state index contributed by atoms with van der Waals surface area (Å²) in [7, 11) is 0. The van der Waals surface area contributed by atoms with Crippen LogP contribution in [-0.2, 0) is 11.3 Å². The predicted molar refractivity (Wildman–Crippen MR) is 129 cm³/mol. The maximum Gasteiger partial charge on any atom is 0.223 e. The number of hydrogen-bond acceptors (Lipinski definition) is 3. The third-order valence-electron chi connectivity index (χ3n) is 7.86. The van der Waals surface area contributed by atoms with Crippen LogP contribution >= 0.6 is 0 Å². The molecule has 170 valence electrons. The molecule has 3 atom stereocenters. The second kappa shape index (κ2) is 10.2. The van der Waals surface area contributed by atoms with Gasteiger partial charge in [0.25, 0.3) is 0 Å². The topological polar surface area (TPSA) is 35.6 Å². The van der Waals surface area contributed by atoms with Gasteiger partial charge in [-0.15, -0.1) is 0 Å². The number of likely N-dealkylation sites (tertiary alicyclic amines) is 2. The maximum atomic E-state index is 12.8. The maximum absolute atomic E-state index is 12.8. The fourth-order valence-corrected chi connectivity index (χ4v) is 6.14. The molecule has 4 heteroatoms. The van der Waals surface area contributed by atoms with Gasteiger partial charge in [0.2, 0.25) is 5.91 Å². The molecule has 2 aromatic carbocycles. The van der Waals surface area contributed by atoms with Gasteiger partial charge in [-0.25, -0.2) is 0 Å². The Morgan fingerprint density at radius 1 is 0.844 bits per heavy atom. The lowest BCUT2D eigenvalue weighted by Gasteiger charge is -2.25. The third kappa shape index (κ3) is 5.24. The zero-order valence-corrected chi connectivity index (χ0v) is 19.2. The van der Waals surface area contributed by atoms with Crippen LogP contribution in [0, 0.1) is 17.8 Å². The van der Waals surface area contributed by atoms with E-state index in [1.165, 1.54) is 50.1 Å². The van der Waals surface area contributed by atoms with E-state index in [2.05, 4.69) is 75.8 Å². The Bertz CT molecular complexity index is 851. The molecular weight excluding hydrogens is 394 g/mol. The number of carbonyl (C=O) groups excluding carboxylic acids is 1. The van der Waals surface area contributed by atoms with Crippen LogP contribution < -0.4 is 5.32 Å². The van der Waals surface area contributed by atoms with E-state index in [4.69, 9.17) is 0 Å². The largest absolute Gasteiger partial charge is 0.349 e. The number of benzene rings is 2. The minimum atomic E-state index is 0.124. The molecule has 2 heterocycles. The van der Waals surface area contributed by atoms with E-state index >= 15 is 0 Å². The van der Waals surface area contributed by atoms with E-state index < -0.39 is 0 Å². The van der Waals surface area contributed by atoms with Crippen molar-refractivity contribution in [3.63, 3.8) is 0 Å². The standard InChI is InChI=1S/C28H37N3O/c32-28(24-13-7-8-14-24)29-27(23-11-5-2-6-12-23)15-16-30-18-25-20-31(21-26(25)19-30)17-22-9-3-1-4-10-22/h1-6,9-12,24-27H,7-8,13-21H2,(H,29,32)/t25-,26?,27?/m0/s1. The number of fused-ring (bicyclic) bond motifs is 1. The zero-order chi connectivity index (χ0) is 21.8. The smallest absolute Gasteiger partial charge is 0.223 e. The summed E-state index contributed by atoms with van der Waals surface area (Å²) in [6.45, 7) is 6.99. The highest BCUT2D eigenvalue weighted by molar-refractivity contribution is 5.79. The van der Waals surface area contributed by atoms with E-state index in [9.17, 15) is 4.79 Å². The highest BCUT2D eigenvalue weighted by Gasteiger charge is 2.39. The first-order chi connectivity index (χ1) is 15.7. The van der Waals surface area contributed by atoms with Crippen molar-refractivity contribution in [3.05, 3.63) is 71.8 Å². The van der Waals surface area contributed by atoms with Crippen molar-refractivity contribution in [2.45, 2.75) is 44.7 Å². The molecule has 1 N–H and O–H groups in total. The van der Waals surface area contributed by atoms with Crippen molar-refractivity contribution >= 4 is 5.91 Å². The number of nitrogens with zero attached hydrogens (tertiary/aromatic N) is 2. The molecule has 5 rings (SSSR count). The van der Waals surface area contributed by atoms with Gasteiger partial charge in [-0.2, -0.15) is 0 Å². The van der Waals surface area contributed by atoms with Gasteiger partial charge in [0.05, 0.1) is 6.04 Å². The summed E-state index contributed by atoms with van der Waals surface area (Å²) in [6, 6.07) is 21.6. The second-order valence-corrected chi connectivity index (χ2v) is 10.2. The summed E-state index contributed by atoms with van der Waals surface area (Å²) in [6.07, 6.45) is 5.51. The van der Waals surface area contributed by atoms with Crippen molar-refractivity contribution < 1.29 is 4.79 Å². The van der Waals surface area contributed by atoms with Crippen LogP contribution in [0.5, 0.6) is 0 Å². The van der Waals surface area contributed by atoms with Gasteiger partial charge >= 0.3 is 0 Å². The Kier molecular flexibility index (Phi) is 6.89. The number of rotatable bonds is 8. The van der Waals surface area contributed by atoms with E-state index in [1.807, 2.05) is 0 Å². The minimum absolute atomic E-state index is 0.124. The summed E-state index contributed by atoms with van der Waals surface area (Å²) in [5.74, 6) is 2.08. The Labute approximate surface area is 193 Å². The van der Waals surface area contributed by atoms with E-state index in [-0.39, 0.29) is 17.9 Å². The average Bonchev–Trinajstić information content (AvgIpc) is 3.55. The van der Waals surface area contributed by atoms with Crippen LogP contribution in [0.4, 0.5) is 0 Å². The lowest BCUT2D eigenvalue weighted by molar-refractivity contribution is -0.125. The van der Waals surface area contributed by atoms with Crippen molar-refractivity contribution in [1.82, 2.24) is 15.1 Å². The number of nitrogens with one attached hydrogen (secondary N) is 1. The van der Waals surface area contributed by atoms with Crippen LogP contribution in [0.3, 0.4) is 0 Å². The van der Waals surface area contributed by atoms with Crippen molar-refractivity contribution in [2.75, 3.05) is 32.7 Å². The molecule has 0 radical (unpaired) electrons. The Morgan fingerprint density at radius 2 is 1.44 bits per heavy atom. The van der Waals surface area contributed by atoms with Crippen molar-refractivity contribution in [1.29, 1.82) is 0 Å². The fourth-order valence-electron chi connectivity index (χ4n) is 6.14. The minimum Gasteiger partial charge on any atom is -0.349 e. The summed E-state index contributed by atoms with van der Waals surface area (Å²) < 4.78 is 0. The number of carbonyl (C=O) groups is 1. The van der Waals surface area contributed by atoms with Crippen LogP contribution in [0.2, 0.25) is 0 Å². The van der Waals surface area contributed by atoms with Gasteiger partial charge in [0.1, 0.15) is 0 Å². The highest BCUT2D eigenvalue weighted by atomic mass is 16.1. The molecule has 0 bridgehead atoms. The van der Waals surface area contributed by atoms with Crippen molar-refractivity contribution in [2.24, 2.45) is 17.8 Å². The molecule has 4 nitrogen and oxygen atoms in total. The monoisotopic (exact) mass is 431 g/mol. The first kappa shape index (κ1) is 21.7. The summed E-state index contributed by atoms with van der Waals surface area (Å²) in [5.41, 5.74) is 2.67. The SMILES string of the molecule is O=C(NC(CCN1CC2CN(Cc3ccccc3)C[C@@H]2C1)c1ccccc1)C1CCCC1. The van der Waals surface area contributed by atoms with E-state index in [0.29, 0.717) is 0 Å². The van der Waals surface area contributed by atoms with Gasteiger partial charge < -0.3 is 10.2 Å². The lowest BCUT2D eigenvalue weighted by atomic mass is 10.0. The fraction of sp³-hybridized carbons (Fsp3) is 0.536. The zero-order valence-electron chi connectivity index (χ0n) is 19.2. The van der Waals surface area contributed by atoms with Gasteiger partial charge in [-0.3, -0.25) is 9.69 Å². The predicted octanol–water partition coefficient (Wildman–Crippen LogP) is 4.49. The molecule has 3 fully saturated rings. The van der Waals surface area contributed by atoms with Crippen LogP contribution in [-0.4, -0.2) is 48.4 Å². The summed E-state index contributed by atoms with van der Waals surface area (Å²) >= 11 is 0. The van der Waals surface area contributed by atoms with Crippen LogP contribution in [0.25, 0.3) is 0 Å². The lowest BCUT2D eigenvalue weighted by Crippen LogP contribution is -2.36. The van der Waals surface area contributed by atoms with Gasteiger partial charge in [-0.05, 0) is 42.2 Å². The summed E-state index contributed by atoms with van der Waals surface area (Å²) in [5, 5.41) is 3.41. The van der Waals surface area contributed by atoms with E-state index in [0.717, 1.165) is 44.2 Å². The number of amides is 1. The molecule has 1 aliphatic carbocycles. The van der Waals surface area contributed by atoms with Gasteiger partial charge in [0, 0.05) is 45.2 Å². The normalized spacial score (nSPS) is 25.1. The molecule has 2 unspecified atom stereocenters. The third-order valence-corrected chi connectivity index (χ3v) is 7.86.